The Balaban J connectivity index is 1.21. The Hall–Kier alpha value is -1.32. The summed E-state index contributed by atoms with van der Waals surface area (Å²) in [5, 5.41) is 3.99. The van der Waals surface area contributed by atoms with Crippen LogP contribution < -0.4 is 10.1 Å². The second-order valence-corrected chi connectivity index (χ2v) is 9.94. The zero-order valence-corrected chi connectivity index (χ0v) is 17.4. The van der Waals surface area contributed by atoms with Gasteiger partial charge in [0.15, 0.2) is 0 Å². The molecule has 3 heteroatoms. The molecule has 4 saturated carbocycles. The van der Waals surface area contributed by atoms with E-state index in [9.17, 15) is 0 Å². The van der Waals surface area contributed by atoms with Gasteiger partial charge in [-0.25, -0.2) is 0 Å². The van der Waals surface area contributed by atoms with Crippen molar-refractivity contribution in [3.05, 3.63) is 64.1 Å². The van der Waals surface area contributed by atoms with Crippen LogP contribution in [0, 0.1) is 17.8 Å². The van der Waals surface area contributed by atoms with Crippen LogP contribution in [-0.2, 0) is 13.2 Å². The van der Waals surface area contributed by atoms with Crippen molar-refractivity contribution in [2.24, 2.45) is 17.8 Å². The summed E-state index contributed by atoms with van der Waals surface area (Å²) >= 11 is 3.70. The van der Waals surface area contributed by atoms with Gasteiger partial charge in [0, 0.05) is 12.1 Å². The van der Waals surface area contributed by atoms with Gasteiger partial charge in [0.1, 0.15) is 12.4 Å². The lowest BCUT2D eigenvalue weighted by Crippen LogP contribution is -2.58. The minimum Gasteiger partial charge on any atom is -0.488 e. The first-order chi connectivity index (χ1) is 13.2. The molecule has 0 saturated heterocycles. The minimum atomic E-state index is 0.420. The summed E-state index contributed by atoms with van der Waals surface area (Å²) in [6.45, 7) is 1.56. The highest BCUT2D eigenvalue weighted by Crippen LogP contribution is 2.55. The fraction of sp³-hybridized carbons (Fsp3) is 0.500. The molecule has 0 heterocycles. The highest BCUT2D eigenvalue weighted by Gasteiger charge is 2.50. The molecular formula is C24H28BrNO. The van der Waals surface area contributed by atoms with E-state index in [1.165, 1.54) is 49.7 Å². The minimum absolute atomic E-state index is 0.420. The van der Waals surface area contributed by atoms with Crippen LogP contribution in [0.1, 0.15) is 49.7 Å². The van der Waals surface area contributed by atoms with Crippen LogP contribution in [0.25, 0.3) is 0 Å². The van der Waals surface area contributed by atoms with E-state index in [0.29, 0.717) is 12.1 Å². The lowest BCUT2D eigenvalue weighted by molar-refractivity contribution is -0.0206. The molecule has 0 amide bonds. The zero-order valence-electron chi connectivity index (χ0n) is 15.8. The zero-order chi connectivity index (χ0) is 18.3. The molecule has 0 radical (unpaired) electrons. The highest BCUT2D eigenvalue weighted by atomic mass is 79.9. The van der Waals surface area contributed by atoms with E-state index in [1.54, 1.807) is 0 Å². The molecule has 142 valence electrons. The number of rotatable bonds is 6. The summed E-state index contributed by atoms with van der Waals surface area (Å²) < 4.78 is 7.03. The molecule has 2 aromatic carbocycles. The molecule has 0 spiro atoms. The maximum absolute atomic E-state index is 5.99. The Labute approximate surface area is 170 Å². The molecule has 4 bridgehead atoms. The van der Waals surface area contributed by atoms with E-state index >= 15 is 0 Å². The number of ether oxygens (including phenoxy) is 1. The topological polar surface area (TPSA) is 21.3 Å². The average Bonchev–Trinajstić information content (AvgIpc) is 2.65. The number of hydrogen-bond acceptors (Lipinski definition) is 2. The van der Waals surface area contributed by atoms with Gasteiger partial charge in [-0.3, -0.25) is 0 Å². The van der Waals surface area contributed by atoms with Gasteiger partial charge in [-0.2, -0.15) is 0 Å². The molecule has 2 nitrogen and oxygen atoms in total. The average molecular weight is 426 g/mol. The number of halogens is 1. The van der Waals surface area contributed by atoms with Gasteiger partial charge in [0.2, 0.25) is 0 Å². The fourth-order valence-corrected chi connectivity index (χ4v) is 6.66. The van der Waals surface area contributed by atoms with Crippen molar-refractivity contribution in [1.82, 2.24) is 5.32 Å². The largest absolute Gasteiger partial charge is 0.488 e. The Morgan fingerprint density at radius 2 is 1.56 bits per heavy atom. The molecule has 4 aliphatic rings. The van der Waals surface area contributed by atoms with Gasteiger partial charge >= 0.3 is 0 Å². The molecule has 27 heavy (non-hydrogen) atoms. The Morgan fingerprint density at radius 1 is 0.889 bits per heavy atom. The van der Waals surface area contributed by atoms with E-state index in [-0.39, 0.29) is 0 Å². The smallest absolute Gasteiger partial charge is 0.134 e. The Bertz CT molecular complexity index is 768. The van der Waals surface area contributed by atoms with Gasteiger partial charge in [-0.15, -0.1) is 0 Å². The van der Waals surface area contributed by atoms with Crippen LogP contribution in [0.15, 0.2) is 53.0 Å². The van der Waals surface area contributed by atoms with Crippen molar-refractivity contribution in [1.29, 1.82) is 0 Å². The van der Waals surface area contributed by atoms with Crippen LogP contribution in [0.4, 0.5) is 0 Å². The van der Waals surface area contributed by atoms with Gasteiger partial charge < -0.3 is 10.1 Å². The van der Waals surface area contributed by atoms with Gasteiger partial charge in [-0.1, -0.05) is 36.4 Å². The lowest BCUT2D eigenvalue weighted by atomic mass is 9.53. The maximum atomic E-state index is 5.99. The second-order valence-electron chi connectivity index (χ2n) is 9.09. The molecule has 0 atom stereocenters. The summed E-state index contributed by atoms with van der Waals surface area (Å²) in [6.07, 6.45) is 8.70. The Morgan fingerprint density at radius 3 is 2.19 bits per heavy atom. The number of benzene rings is 2. The first kappa shape index (κ1) is 17.8. The van der Waals surface area contributed by atoms with E-state index in [2.05, 4.69) is 51.6 Å². The van der Waals surface area contributed by atoms with Gasteiger partial charge in [0.05, 0.1) is 4.47 Å². The maximum Gasteiger partial charge on any atom is 0.134 e. The number of hydrogen-bond donors (Lipinski definition) is 1. The predicted octanol–water partition coefficient (Wildman–Crippen LogP) is 6.09. The molecule has 6 rings (SSSR count). The van der Waals surface area contributed by atoms with E-state index in [1.807, 2.05) is 18.2 Å². The van der Waals surface area contributed by atoms with Crippen LogP contribution in [0.5, 0.6) is 5.75 Å². The summed E-state index contributed by atoms with van der Waals surface area (Å²) in [4.78, 5) is 0. The molecular weight excluding hydrogens is 398 g/mol. The lowest BCUT2D eigenvalue weighted by Gasteiger charge is -2.57. The van der Waals surface area contributed by atoms with Crippen molar-refractivity contribution in [2.45, 2.75) is 57.2 Å². The summed E-state index contributed by atoms with van der Waals surface area (Å²) in [5.74, 6) is 3.88. The molecule has 4 fully saturated rings. The van der Waals surface area contributed by atoms with E-state index in [0.717, 1.165) is 34.5 Å². The van der Waals surface area contributed by atoms with E-state index < -0.39 is 0 Å². The van der Waals surface area contributed by atoms with Crippen LogP contribution in [0.2, 0.25) is 0 Å². The third-order valence-corrected chi connectivity index (χ3v) is 7.56. The van der Waals surface area contributed by atoms with Crippen molar-refractivity contribution in [3.63, 3.8) is 0 Å². The van der Waals surface area contributed by atoms with Crippen molar-refractivity contribution < 1.29 is 4.74 Å². The predicted molar refractivity (Wildman–Crippen MR) is 113 cm³/mol. The third-order valence-electron chi connectivity index (χ3n) is 6.94. The summed E-state index contributed by atoms with van der Waals surface area (Å²) in [7, 11) is 0. The molecule has 4 aliphatic carbocycles. The van der Waals surface area contributed by atoms with E-state index in [4.69, 9.17) is 4.74 Å². The summed E-state index contributed by atoms with van der Waals surface area (Å²) in [6, 6.07) is 16.8. The number of nitrogens with one attached hydrogen (secondary N) is 1. The van der Waals surface area contributed by atoms with Gasteiger partial charge in [0.25, 0.3) is 0 Å². The SMILES string of the molecule is Brc1cc(CNC23CC4CC(CC(C4)C2)C3)ccc1OCc1ccccc1. The fourth-order valence-electron chi connectivity index (χ4n) is 6.12. The van der Waals surface area contributed by atoms with Crippen LogP contribution >= 0.6 is 15.9 Å². The Kier molecular flexibility index (Phi) is 4.77. The molecule has 0 aliphatic heterocycles. The van der Waals surface area contributed by atoms with Crippen LogP contribution in [-0.4, -0.2) is 5.54 Å². The monoisotopic (exact) mass is 425 g/mol. The van der Waals surface area contributed by atoms with Crippen LogP contribution in [0.3, 0.4) is 0 Å². The van der Waals surface area contributed by atoms with Crippen molar-refractivity contribution in [3.8, 4) is 5.75 Å². The third kappa shape index (κ3) is 3.82. The standard InChI is InChI=1S/C24H28BrNO/c25-22-11-18(6-7-23(22)27-16-17-4-2-1-3-5-17)15-26-24-12-19-8-20(13-24)10-21(9-19)14-24/h1-7,11,19-21,26H,8-10,12-16H2. The molecule has 0 aromatic heterocycles. The molecule has 1 N–H and O–H groups in total. The van der Waals surface area contributed by atoms with Gasteiger partial charge in [-0.05, 0) is 95.5 Å². The second kappa shape index (κ2) is 7.25. The van der Waals surface area contributed by atoms with Crippen molar-refractivity contribution >= 4 is 15.9 Å². The van der Waals surface area contributed by atoms with Crippen molar-refractivity contribution in [2.75, 3.05) is 0 Å². The highest BCUT2D eigenvalue weighted by molar-refractivity contribution is 9.10. The molecule has 0 unspecified atom stereocenters. The first-order valence-electron chi connectivity index (χ1n) is 10.4. The quantitative estimate of drug-likeness (QED) is 0.604. The summed E-state index contributed by atoms with van der Waals surface area (Å²) in [5.41, 5.74) is 2.95. The normalized spacial score (nSPS) is 31.2. The molecule has 2 aromatic rings. The first-order valence-corrected chi connectivity index (χ1v) is 11.2.